The summed E-state index contributed by atoms with van der Waals surface area (Å²) in [6, 6.07) is 8.48. The number of hydrogen-bond donors (Lipinski definition) is 0. The van der Waals surface area contributed by atoms with Crippen LogP contribution in [-0.4, -0.2) is 43.8 Å². The van der Waals surface area contributed by atoms with E-state index in [-0.39, 0.29) is 28.3 Å². The van der Waals surface area contributed by atoms with Gasteiger partial charge in [-0.15, -0.1) is 0 Å². The smallest absolute Gasteiger partial charge is 0.490 e. The lowest BCUT2D eigenvalue weighted by Gasteiger charge is -2.52. The molecule has 2 aromatic carbocycles. The third-order valence-electron chi connectivity index (χ3n) is 12.7. The first kappa shape index (κ1) is 28.6. The highest BCUT2D eigenvalue weighted by atomic mass is 16.7. The summed E-state index contributed by atoms with van der Waals surface area (Å²) in [7, 11) is 0. The number of carbonyl (C=O) groups excluding carboxylic acids is 1. The molecule has 2 aliphatic heterocycles. The molecule has 5 aliphatic carbocycles. The number of ether oxygens (including phenoxy) is 6. The molecule has 242 valence electrons. The van der Waals surface area contributed by atoms with E-state index in [9.17, 15) is 4.79 Å². The van der Waals surface area contributed by atoms with Crippen molar-refractivity contribution in [3.63, 3.8) is 0 Å². The van der Waals surface area contributed by atoms with E-state index in [1.807, 2.05) is 38.1 Å². The van der Waals surface area contributed by atoms with E-state index in [0.717, 1.165) is 42.3 Å². The maximum absolute atomic E-state index is 13.8. The average Bonchev–Trinajstić information content (AvgIpc) is 3.60. The van der Waals surface area contributed by atoms with E-state index in [4.69, 9.17) is 28.4 Å². The molecule has 10 atom stereocenters. The third kappa shape index (κ3) is 3.47. The van der Waals surface area contributed by atoms with Crippen molar-refractivity contribution in [2.45, 2.75) is 96.1 Å². The first-order valence-electron chi connectivity index (χ1n) is 17.3. The average molecular weight is 625 g/mol. The summed E-state index contributed by atoms with van der Waals surface area (Å²) in [5, 5.41) is 0. The summed E-state index contributed by atoms with van der Waals surface area (Å²) in [6.45, 7) is 14.4. The molecule has 0 radical (unpaired) electrons. The second kappa shape index (κ2) is 9.48. The Hall–Kier alpha value is -3.61. The fraction of sp³-hybridized carbons (Fsp3) is 0.564. The van der Waals surface area contributed by atoms with Crippen molar-refractivity contribution in [1.29, 1.82) is 0 Å². The Morgan fingerprint density at radius 2 is 1.46 bits per heavy atom. The topological polar surface area (TPSA) is 72.5 Å². The molecule has 1 saturated carbocycles. The van der Waals surface area contributed by atoms with Crippen LogP contribution in [0.4, 0.5) is 4.79 Å². The zero-order chi connectivity index (χ0) is 31.7. The van der Waals surface area contributed by atoms with Crippen molar-refractivity contribution in [3.8, 4) is 23.0 Å². The Morgan fingerprint density at radius 3 is 2.17 bits per heavy atom. The van der Waals surface area contributed by atoms with Gasteiger partial charge >= 0.3 is 6.16 Å². The van der Waals surface area contributed by atoms with Crippen LogP contribution in [0, 0.1) is 29.1 Å². The minimum absolute atomic E-state index is 0.00705. The van der Waals surface area contributed by atoms with Crippen molar-refractivity contribution in [2.24, 2.45) is 29.1 Å². The number of hydrogen-bond acceptors (Lipinski definition) is 7. The minimum Gasteiger partial charge on any atom is -0.490 e. The van der Waals surface area contributed by atoms with Gasteiger partial charge < -0.3 is 28.4 Å². The van der Waals surface area contributed by atoms with Crippen LogP contribution in [0.5, 0.6) is 23.0 Å². The van der Waals surface area contributed by atoms with Gasteiger partial charge in [0, 0.05) is 22.0 Å². The first-order valence-corrected chi connectivity index (χ1v) is 17.3. The molecule has 0 aromatic heterocycles. The molecule has 2 bridgehead atoms. The Balaban J connectivity index is 1.02. The number of allylic oxidation sites excluding steroid dienone is 2. The van der Waals surface area contributed by atoms with Gasteiger partial charge in [-0.2, -0.15) is 0 Å². The van der Waals surface area contributed by atoms with Gasteiger partial charge in [0.05, 0.1) is 13.2 Å². The van der Waals surface area contributed by atoms with Gasteiger partial charge in [0.2, 0.25) is 0 Å². The van der Waals surface area contributed by atoms with Gasteiger partial charge in [-0.05, 0) is 97.6 Å². The molecule has 2 aromatic rings. The molecule has 0 saturated heterocycles. The number of benzene rings is 2. The van der Waals surface area contributed by atoms with E-state index in [0.29, 0.717) is 31.0 Å². The first-order chi connectivity index (χ1) is 22.1. The van der Waals surface area contributed by atoms with E-state index >= 15 is 0 Å². The normalized spacial score (nSPS) is 38.7. The molecule has 7 aliphatic rings. The lowest BCUT2D eigenvalue weighted by atomic mass is 9.51. The molecule has 1 unspecified atom stereocenters. The summed E-state index contributed by atoms with van der Waals surface area (Å²) in [4.78, 5) is 13.8. The largest absolute Gasteiger partial charge is 0.509 e. The Bertz CT molecular complexity index is 1710. The van der Waals surface area contributed by atoms with Crippen LogP contribution in [-0.2, 0) is 33.1 Å². The molecule has 0 amide bonds. The third-order valence-corrected chi connectivity index (χ3v) is 12.7. The zero-order valence-electron chi connectivity index (χ0n) is 27.6. The Labute approximate surface area is 271 Å². The van der Waals surface area contributed by atoms with Crippen molar-refractivity contribution >= 4 is 6.16 Å². The Morgan fingerprint density at radius 1 is 0.826 bits per heavy atom. The SMILES string of the molecule is CCOc1ccc2c3c1O[C@H]1[C@@H](OC(=O)O[C@H]4C=C[C@H]5[C@H]6Cc7ccc(OCC)c8c7[C@@]5(CC6C)[C@H]4O8)C=C[C@@H](C(C)(C)C2)[C@@]31C. The van der Waals surface area contributed by atoms with E-state index in [1.54, 1.807) is 0 Å². The molecule has 1 spiro atoms. The maximum atomic E-state index is 13.8. The zero-order valence-corrected chi connectivity index (χ0v) is 27.6. The fourth-order valence-corrected chi connectivity index (χ4v) is 11.3. The second-order valence-corrected chi connectivity index (χ2v) is 15.5. The molecule has 1 fully saturated rings. The van der Waals surface area contributed by atoms with Crippen LogP contribution in [0.3, 0.4) is 0 Å². The van der Waals surface area contributed by atoms with Crippen LogP contribution in [0.1, 0.15) is 70.2 Å². The highest BCUT2D eigenvalue weighted by molar-refractivity contribution is 5.66. The van der Waals surface area contributed by atoms with Gasteiger partial charge in [0.15, 0.2) is 35.2 Å². The van der Waals surface area contributed by atoms with Gasteiger partial charge in [0.25, 0.3) is 0 Å². The number of rotatable bonds is 6. The van der Waals surface area contributed by atoms with Crippen LogP contribution < -0.4 is 18.9 Å². The number of carbonyl (C=O) groups is 1. The molecule has 0 N–H and O–H groups in total. The van der Waals surface area contributed by atoms with Crippen LogP contribution >= 0.6 is 0 Å². The Kier molecular flexibility index (Phi) is 5.89. The van der Waals surface area contributed by atoms with Crippen LogP contribution in [0.2, 0.25) is 0 Å². The quantitative estimate of drug-likeness (QED) is 0.248. The molecule has 2 heterocycles. The highest BCUT2D eigenvalue weighted by Gasteiger charge is 2.68. The summed E-state index contributed by atoms with van der Waals surface area (Å²) < 4.78 is 38.1. The predicted molar refractivity (Wildman–Crippen MR) is 172 cm³/mol. The molecule has 46 heavy (non-hydrogen) atoms. The van der Waals surface area contributed by atoms with Crippen LogP contribution in [0.25, 0.3) is 0 Å². The van der Waals surface area contributed by atoms with Crippen molar-refractivity contribution in [1.82, 2.24) is 0 Å². The summed E-state index contributed by atoms with van der Waals surface area (Å²) in [5.41, 5.74) is 4.48. The fourth-order valence-electron chi connectivity index (χ4n) is 11.3. The standard InChI is InChI=1S/C39H44O7/c1-7-41-25-13-10-22-19-37(4,5)29-16-15-27(34-38(29,6)30(22)32(25)45-34)43-36(40)44-28-14-11-24-23-17-21-9-12-26(42-8-2)33-31(21)39(24,18-20(23)3)35(28)46-33/h9-16,20,23-24,27-29,34-35H,7-8,17-19H2,1-6H3/t20?,23-,24-,27-,28-,29-,34-,35-,38-,39-/m0/s1. The summed E-state index contributed by atoms with van der Waals surface area (Å²) in [5.74, 6) is 4.79. The molecular weight excluding hydrogens is 580 g/mol. The van der Waals surface area contributed by atoms with Gasteiger partial charge in [0.1, 0.15) is 12.2 Å². The predicted octanol–water partition coefficient (Wildman–Crippen LogP) is 7.26. The van der Waals surface area contributed by atoms with E-state index in [1.165, 1.54) is 22.3 Å². The van der Waals surface area contributed by atoms with Crippen molar-refractivity contribution < 1.29 is 33.2 Å². The summed E-state index contributed by atoms with van der Waals surface area (Å²) in [6.07, 6.45) is 8.95. The highest BCUT2D eigenvalue weighted by Crippen LogP contribution is 2.68. The molecule has 9 rings (SSSR count). The lowest BCUT2D eigenvalue weighted by molar-refractivity contribution is -0.0681. The second-order valence-electron chi connectivity index (χ2n) is 15.5. The van der Waals surface area contributed by atoms with Gasteiger partial charge in [-0.25, -0.2) is 4.79 Å². The molecule has 7 heteroatoms. The van der Waals surface area contributed by atoms with Gasteiger partial charge in [-0.1, -0.05) is 52.0 Å². The van der Waals surface area contributed by atoms with Crippen molar-refractivity contribution in [2.75, 3.05) is 13.2 Å². The molecular formula is C39H44O7. The summed E-state index contributed by atoms with van der Waals surface area (Å²) >= 11 is 0. The monoisotopic (exact) mass is 624 g/mol. The van der Waals surface area contributed by atoms with E-state index < -0.39 is 24.5 Å². The molecule has 7 nitrogen and oxygen atoms in total. The van der Waals surface area contributed by atoms with E-state index in [2.05, 4.69) is 52.0 Å². The van der Waals surface area contributed by atoms with Crippen LogP contribution in [0.15, 0.2) is 48.6 Å². The van der Waals surface area contributed by atoms with Crippen molar-refractivity contribution in [3.05, 3.63) is 70.8 Å². The lowest BCUT2D eigenvalue weighted by Crippen LogP contribution is -2.57. The van der Waals surface area contributed by atoms with Gasteiger partial charge in [-0.3, -0.25) is 0 Å². The maximum Gasteiger partial charge on any atom is 0.509 e. The minimum atomic E-state index is -0.704.